The van der Waals surface area contributed by atoms with Crippen LogP contribution in [-0.2, 0) is 0 Å². The van der Waals surface area contributed by atoms with Crippen molar-refractivity contribution in [2.45, 2.75) is 57.7 Å². The molecular formula is C17H22BrClN4S. The molecule has 1 saturated heterocycles. The van der Waals surface area contributed by atoms with Crippen LogP contribution in [0.5, 0.6) is 0 Å². The first-order valence-electron chi connectivity index (χ1n) is 7.98. The molecule has 24 heavy (non-hydrogen) atoms. The van der Waals surface area contributed by atoms with E-state index in [1.54, 1.807) is 6.20 Å². The number of hydrogen-bond acceptors (Lipinski definition) is 5. The highest BCUT2D eigenvalue weighted by atomic mass is 79.9. The predicted octanol–water partition coefficient (Wildman–Crippen LogP) is 5.34. The molecule has 1 fully saturated rings. The third kappa shape index (κ3) is 4.28. The highest BCUT2D eigenvalue weighted by Gasteiger charge is 2.37. The van der Waals surface area contributed by atoms with Crippen LogP contribution in [0.15, 0.2) is 22.8 Å². The summed E-state index contributed by atoms with van der Waals surface area (Å²) in [6.07, 6.45) is 3.85. The van der Waals surface area contributed by atoms with E-state index in [2.05, 4.69) is 59.2 Å². The van der Waals surface area contributed by atoms with E-state index < -0.39 is 0 Å². The summed E-state index contributed by atoms with van der Waals surface area (Å²) in [4.78, 5) is 10.2. The van der Waals surface area contributed by atoms with Gasteiger partial charge >= 0.3 is 0 Å². The molecule has 0 saturated carbocycles. The molecule has 0 bridgehead atoms. The lowest BCUT2D eigenvalue weighted by Gasteiger charge is -2.46. The van der Waals surface area contributed by atoms with Gasteiger partial charge in [0.15, 0.2) is 0 Å². The molecule has 2 aromatic heterocycles. The molecule has 0 aliphatic carbocycles. The third-order valence-electron chi connectivity index (χ3n) is 4.07. The van der Waals surface area contributed by atoms with Gasteiger partial charge in [0.2, 0.25) is 5.95 Å². The van der Waals surface area contributed by atoms with Crippen molar-refractivity contribution < 1.29 is 0 Å². The molecule has 0 atom stereocenters. The van der Waals surface area contributed by atoms with Crippen molar-refractivity contribution in [2.24, 2.45) is 0 Å². The normalized spacial score (nSPS) is 20.1. The Labute approximate surface area is 160 Å². The van der Waals surface area contributed by atoms with Crippen molar-refractivity contribution in [3.63, 3.8) is 0 Å². The van der Waals surface area contributed by atoms with Gasteiger partial charge < -0.3 is 10.6 Å². The molecule has 2 aromatic rings. The standard InChI is InChI=1S/C17H22BrClN4S/c1-16(2)7-10(8-17(3,4)23-16)21-15-20-9-11(18)14(22-15)12-5-6-13(19)24-12/h5-6,9-10,23H,7-8H2,1-4H3,(H,20,21,22). The van der Waals surface area contributed by atoms with Crippen molar-refractivity contribution >= 4 is 44.8 Å². The zero-order chi connectivity index (χ0) is 17.5. The van der Waals surface area contributed by atoms with Crippen LogP contribution in [0.1, 0.15) is 40.5 Å². The third-order valence-corrected chi connectivity index (χ3v) is 5.89. The van der Waals surface area contributed by atoms with E-state index in [9.17, 15) is 0 Å². The maximum Gasteiger partial charge on any atom is 0.223 e. The van der Waals surface area contributed by atoms with Crippen LogP contribution in [0.4, 0.5) is 5.95 Å². The summed E-state index contributed by atoms with van der Waals surface area (Å²) in [6, 6.07) is 4.21. The summed E-state index contributed by atoms with van der Waals surface area (Å²) in [5.74, 6) is 0.663. The van der Waals surface area contributed by atoms with Crippen LogP contribution in [0.2, 0.25) is 4.34 Å². The van der Waals surface area contributed by atoms with E-state index in [0.717, 1.165) is 32.2 Å². The van der Waals surface area contributed by atoms with Crippen molar-refractivity contribution in [1.82, 2.24) is 15.3 Å². The number of thiophene rings is 1. The van der Waals surface area contributed by atoms with E-state index in [4.69, 9.17) is 16.6 Å². The maximum atomic E-state index is 6.06. The number of halogens is 2. The summed E-state index contributed by atoms with van der Waals surface area (Å²) < 4.78 is 1.63. The quantitative estimate of drug-likeness (QED) is 0.691. The highest BCUT2D eigenvalue weighted by molar-refractivity contribution is 9.10. The molecule has 0 radical (unpaired) electrons. The fraction of sp³-hybridized carbons (Fsp3) is 0.529. The van der Waals surface area contributed by atoms with Crippen LogP contribution in [0.25, 0.3) is 10.6 Å². The summed E-state index contributed by atoms with van der Waals surface area (Å²) in [6.45, 7) is 8.96. The molecule has 3 rings (SSSR count). The van der Waals surface area contributed by atoms with Gasteiger partial charge in [0.25, 0.3) is 0 Å². The van der Waals surface area contributed by atoms with Crippen LogP contribution in [0.3, 0.4) is 0 Å². The van der Waals surface area contributed by atoms with Crippen LogP contribution in [0, 0.1) is 0 Å². The van der Waals surface area contributed by atoms with Gasteiger partial charge in [-0.1, -0.05) is 11.6 Å². The van der Waals surface area contributed by atoms with E-state index in [1.807, 2.05) is 12.1 Å². The monoisotopic (exact) mass is 428 g/mol. The lowest BCUT2D eigenvalue weighted by Crippen LogP contribution is -2.60. The van der Waals surface area contributed by atoms with E-state index in [0.29, 0.717) is 12.0 Å². The maximum absolute atomic E-state index is 6.06. The Morgan fingerprint density at radius 1 is 1.25 bits per heavy atom. The molecule has 3 heterocycles. The lowest BCUT2D eigenvalue weighted by molar-refractivity contribution is 0.170. The van der Waals surface area contributed by atoms with Gasteiger partial charge in [-0.15, -0.1) is 11.3 Å². The summed E-state index contributed by atoms with van der Waals surface area (Å²) >= 11 is 11.1. The molecular weight excluding hydrogens is 408 g/mol. The number of nitrogens with zero attached hydrogens (tertiary/aromatic N) is 2. The zero-order valence-electron chi connectivity index (χ0n) is 14.3. The predicted molar refractivity (Wildman–Crippen MR) is 106 cm³/mol. The van der Waals surface area contributed by atoms with Crippen molar-refractivity contribution in [2.75, 3.05) is 5.32 Å². The molecule has 7 heteroatoms. The fourth-order valence-electron chi connectivity index (χ4n) is 3.66. The van der Waals surface area contributed by atoms with Gasteiger partial charge in [-0.2, -0.15) is 0 Å². The molecule has 0 aromatic carbocycles. The van der Waals surface area contributed by atoms with Gasteiger partial charge in [-0.05, 0) is 68.6 Å². The Bertz CT molecular complexity index is 728. The molecule has 2 N–H and O–H groups in total. The zero-order valence-corrected chi connectivity index (χ0v) is 17.4. The molecule has 0 spiro atoms. The lowest BCUT2D eigenvalue weighted by atomic mass is 9.80. The van der Waals surface area contributed by atoms with Gasteiger partial charge in [0.1, 0.15) is 5.69 Å². The van der Waals surface area contributed by atoms with Gasteiger partial charge in [0, 0.05) is 23.3 Å². The van der Waals surface area contributed by atoms with E-state index in [-0.39, 0.29) is 11.1 Å². The first kappa shape index (κ1) is 18.1. The van der Waals surface area contributed by atoms with Gasteiger partial charge in [-0.25, -0.2) is 9.97 Å². The Kier molecular flexibility index (Phi) is 4.95. The fourth-order valence-corrected chi connectivity index (χ4v) is 5.24. The summed E-state index contributed by atoms with van der Waals surface area (Å²) in [5.41, 5.74) is 1.04. The molecule has 0 amide bonds. The molecule has 1 aliphatic rings. The number of piperidine rings is 1. The Hall–Kier alpha value is -0.690. The minimum atomic E-state index is 0.0822. The minimum absolute atomic E-state index is 0.0822. The van der Waals surface area contributed by atoms with E-state index >= 15 is 0 Å². The van der Waals surface area contributed by atoms with Gasteiger partial charge in [0.05, 0.1) is 13.7 Å². The van der Waals surface area contributed by atoms with E-state index in [1.165, 1.54) is 11.3 Å². The average molecular weight is 430 g/mol. The topological polar surface area (TPSA) is 49.8 Å². The Morgan fingerprint density at radius 2 is 1.92 bits per heavy atom. The Balaban J connectivity index is 1.83. The highest BCUT2D eigenvalue weighted by Crippen LogP contribution is 2.35. The number of nitrogens with one attached hydrogen (secondary N) is 2. The van der Waals surface area contributed by atoms with Crippen molar-refractivity contribution in [3.8, 4) is 10.6 Å². The van der Waals surface area contributed by atoms with Crippen LogP contribution >= 0.6 is 38.9 Å². The number of aromatic nitrogens is 2. The van der Waals surface area contributed by atoms with Crippen molar-refractivity contribution in [1.29, 1.82) is 0 Å². The molecule has 0 unspecified atom stereocenters. The van der Waals surface area contributed by atoms with Crippen molar-refractivity contribution in [3.05, 3.63) is 27.1 Å². The molecule has 1 aliphatic heterocycles. The SMILES string of the molecule is CC1(C)CC(Nc2ncc(Br)c(-c3ccc(Cl)s3)n2)CC(C)(C)N1. The number of rotatable bonds is 3. The smallest absolute Gasteiger partial charge is 0.223 e. The summed E-state index contributed by atoms with van der Waals surface area (Å²) in [7, 11) is 0. The first-order valence-corrected chi connectivity index (χ1v) is 9.96. The minimum Gasteiger partial charge on any atom is -0.351 e. The summed E-state index contributed by atoms with van der Waals surface area (Å²) in [5, 5.41) is 7.22. The molecule has 4 nitrogen and oxygen atoms in total. The average Bonchev–Trinajstić information content (AvgIpc) is 2.84. The first-order chi connectivity index (χ1) is 11.1. The second kappa shape index (κ2) is 6.56. The van der Waals surface area contributed by atoms with Gasteiger partial charge in [-0.3, -0.25) is 0 Å². The second-order valence-electron chi connectivity index (χ2n) is 7.64. The molecule has 130 valence electrons. The number of hydrogen-bond donors (Lipinski definition) is 2. The van der Waals surface area contributed by atoms with Crippen LogP contribution < -0.4 is 10.6 Å². The second-order valence-corrected chi connectivity index (χ2v) is 10.2. The van der Waals surface area contributed by atoms with Crippen LogP contribution in [-0.4, -0.2) is 27.1 Å². The largest absolute Gasteiger partial charge is 0.351 e. The number of anilines is 1. The Morgan fingerprint density at radius 3 is 2.50 bits per heavy atom.